The van der Waals surface area contributed by atoms with Crippen molar-refractivity contribution in [2.24, 2.45) is 0 Å². The SMILES string of the molecule is O=CN1CCN(Cc2cccc([N+](=O)[O-])c2)CC1. The molecule has 0 unspecified atom stereocenters. The van der Waals surface area contributed by atoms with Gasteiger partial charge in [0.25, 0.3) is 5.69 Å². The van der Waals surface area contributed by atoms with Crippen LogP contribution < -0.4 is 0 Å². The van der Waals surface area contributed by atoms with Crippen molar-refractivity contribution in [3.8, 4) is 0 Å². The van der Waals surface area contributed by atoms with Gasteiger partial charge in [0.15, 0.2) is 0 Å². The van der Waals surface area contributed by atoms with Crippen LogP contribution >= 0.6 is 0 Å². The molecule has 0 spiro atoms. The van der Waals surface area contributed by atoms with E-state index in [-0.39, 0.29) is 10.6 Å². The first-order chi connectivity index (χ1) is 8.69. The van der Waals surface area contributed by atoms with E-state index >= 15 is 0 Å². The van der Waals surface area contributed by atoms with E-state index in [0.29, 0.717) is 6.54 Å². The van der Waals surface area contributed by atoms with Gasteiger partial charge in [-0.1, -0.05) is 12.1 Å². The van der Waals surface area contributed by atoms with Crippen LogP contribution in [-0.2, 0) is 11.3 Å². The van der Waals surface area contributed by atoms with Crippen molar-refractivity contribution >= 4 is 12.1 Å². The second-order valence-electron chi connectivity index (χ2n) is 4.34. The molecule has 6 heteroatoms. The van der Waals surface area contributed by atoms with Gasteiger partial charge in [-0.05, 0) is 5.56 Å². The average molecular weight is 249 g/mol. The summed E-state index contributed by atoms with van der Waals surface area (Å²) in [5, 5.41) is 10.7. The number of hydrogen-bond donors (Lipinski definition) is 0. The normalized spacial score (nSPS) is 16.6. The molecule has 0 aliphatic carbocycles. The van der Waals surface area contributed by atoms with Gasteiger partial charge in [-0.3, -0.25) is 19.8 Å². The first kappa shape index (κ1) is 12.5. The zero-order valence-corrected chi connectivity index (χ0v) is 9.99. The second kappa shape index (κ2) is 5.59. The summed E-state index contributed by atoms with van der Waals surface area (Å²) in [6, 6.07) is 6.69. The predicted molar refractivity (Wildman–Crippen MR) is 66.0 cm³/mol. The number of nitrogens with zero attached hydrogens (tertiary/aromatic N) is 3. The Labute approximate surface area is 105 Å². The Kier molecular flexibility index (Phi) is 3.88. The molecule has 6 nitrogen and oxygen atoms in total. The van der Waals surface area contributed by atoms with E-state index in [9.17, 15) is 14.9 Å². The molecule has 18 heavy (non-hydrogen) atoms. The van der Waals surface area contributed by atoms with Gasteiger partial charge in [-0.25, -0.2) is 0 Å². The number of carbonyl (C=O) groups excluding carboxylic acids is 1. The van der Waals surface area contributed by atoms with Crippen LogP contribution in [0.1, 0.15) is 5.56 Å². The predicted octanol–water partition coefficient (Wildman–Crippen LogP) is 0.869. The monoisotopic (exact) mass is 249 g/mol. The highest BCUT2D eigenvalue weighted by Gasteiger charge is 2.16. The van der Waals surface area contributed by atoms with E-state index in [1.165, 1.54) is 6.07 Å². The van der Waals surface area contributed by atoms with Crippen molar-refractivity contribution in [1.82, 2.24) is 9.80 Å². The Balaban J connectivity index is 1.95. The van der Waals surface area contributed by atoms with Crippen LogP contribution in [0.2, 0.25) is 0 Å². The van der Waals surface area contributed by atoms with Crippen LogP contribution in [0, 0.1) is 10.1 Å². The lowest BCUT2D eigenvalue weighted by atomic mass is 10.2. The Hall–Kier alpha value is -1.95. The summed E-state index contributed by atoms with van der Waals surface area (Å²) in [5.41, 5.74) is 1.06. The lowest BCUT2D eigenvalue weighted by Gasteiger charge is -2.32. The van der Waals surface area contributed by atoms with E-state index < -0.39 is 0 Å². The summed E-state index contributed by atoms with van der Waals surface area (Å²) in [7, 11) is 0. The fraction of sp³-hybridized carbons (Fsp3) is 0.417. The Morgan fingerprint density at radius 1 is 1.28 bits per heavy atom. The van der Waals surface area contributed by atoms with Crippen molar-refractivity contribution < 1.29 is 9.72 Å². The van der Waals surface area contributed by atoms with Crippen molar-refractivity contribution in [1.29, 1.82) is 0 Å². The zero-order chi connectivity index (χ0) is 13.0. The van der Waals surface area contributed by atoms with Gasteiger partial charge < -0.3 is 4.90 Å². The number of non-ortho nitro benzene ring substituents is 1. The molecule has 0 bridgehead atoms. The molecule has 1 saturated heterocycles. The first-order valence-corrected chi connectivity index (χ1v) is 5.84. The third kappa shape index (κ3) is 3.04. The molecule has 1 heterocycles. The maximum Gasteiger partial charge on any atom is 0.269 e. The van der Waals surface area contributed by atoms with Crippen LogP contribution in [0.4, 0.5) is 5.69 Å². The molecular formula is C12H15N3O3. The molecule has 1 aromatic rings. The molecule has 1 fully saturated rings. The standard InChI is InChI=1S/C12H15N3O3/c16-10-14-6-4-13(5-7-14)9-11-2-1-3-12(8-11)15(17)18/h1-3,8,10H,4-7,9H2. The number of piperazine rings is 1. The topological polar surface area (TPSA) is 66.7 Å². The van der Waals surface area contributed by atoms with E-state index in [2.05, 4.69) is 4.90 Å². The number of hydrogen-bond acceptors (Lipinski definition) is 4. The lowest BCUT2D eigenvalue weighted by Crippen LogP contribution is -2.45. The van der Waals surface area contributed by atoms with Gasteiger partial charge >= 0.3 is 0 Å². The van der Waals surface area contributed by atoms with Gasteiger partial charge in [0, 0.05) is 44.9 Å². The Morgan fingerprint density at radius 2 is 2.00 bits per heavy atom. The van der Waals surface area contributed by atoms with Crippen LogP contribution in [0.25, 0.3) is 0 Å². The molecule has 1 aromatic carbocycles. The quantitative estimate of drug-likeness (QED) is 0.451. The van der Waals surface area contributed by atoms with Crippen LogP contribution in [0.3, 0.4) is 0 Å². The number of carbonyl (C=O) groups is 1. The summed E-state index contributed by atoms with van der Waals surface area (Å²) >= 11 is 0. The maximum absolute atomic E-state index is 10.7. The molecule has 1 aliphatic heterocycles. The summed E-state index contributed by atoms with van der Waals surface area (Å²) in [5.74, 6) is 0. The summed E-state index contributed by atoms with van der Waals surface area (Å²) < 4.78 is 0. The summed E-state index contributed by atoms with van der Waals surface area (Å²) in [4.78, 5) is 24.8. The second-order valence-corrected chi connectivity index (χ2v) is 4.34. The minimum atomic E-state index is -0.381. The van der Waals surface area contributed by atoms with Gasteiger partial charge in [-0.2, -0.15) is 0 Å². The van der Waals surface area contributed by atoms with Crippen LogP contribution in [0.5, 0.6) is 0 Å². The molecule has 1 amide bonds. The van der Waals surface area contributed by atoms with E-state index in [1.807, 2.05) is 6.07 Å². The molecule has 0 radical (unpaired) electrons. The molecule has 2 rings (SSSR count). The number of benzene rings is 1. The smallest absolute Gasteiger partial charge is 0.269 e. The molecule has 96 valence electrons. The highest BCUT2D eigenvalue weighted by Crippen LogP contribution is 2.15. The minimum Gasteiger partial charge on any atom is -0.343 e. The van der Waals surface area contributed by atoms with E-state index in [4.69, 9.17) is 0 Å². The lowest BCUT2D eigenvalue weighted by molar-refractivity contribution is -0.384. The van der Waals surface area contributed by atoms with Crippen molar-refractivity contribution in [2.75, 3.05) is 26.2 Å². The Morgan fingerprint density at radius 3 is 2.61 bits per heavy atom. The van der Waals surface area contributed by atoms with E-state index in [1.54, 1.807) is 17.0 Å². The van der Waals surface area contributed by atoms with E-state index in [0.717, 1.165) is 38.2 Å². The molecular weight excluding hydrogens is 234 g/mol. The summed E-state index contributed by atoms with van der Waals surface area (Å²) in [6.07, 6.45) is 0.866. The third-order valence-corrected chi connectivity index (χ3v) is 3.08. The number of nitro groups is 1. The largest absolute Gasteiger partial charge is 0.343 e. The average Bonchev–Trinajstić information content (AvgIpc) is 2.40. The highest BCUT2D eigenvalue weighted by molar-refractivity contribution is 5.47. The van der Waals surface area contributed by atoms with Crippen LogP contribution in [-0.4, -0.2) is 47.3 Å². The van der Waals surface area contributed by atoms with Crippen molar-refractivity contribution in [2.45, 2.75) is 6.54 Å². The fourth-order valence-corrected chi connectivity index (χ4v) is 2.05. The molecule has 0 saturated carbocycles. The minimum absolute atomic E-state index is 0.124. The number of rotatable bonds is 4. The number of nitro benzene ring substituents is 1. The van der Waals surface area contributed by atoms with Gasteiger partial charge in [0.1, 0.15) is 0 Å². The first-order valence-electron chi connectivity index (χ1n) is 5.84. The molecule has 0 N–H and O–H groups in total. The number of amides is 1. The van der Waals surface area contributed by atoms with Crippen molar-refractivity contribution in [3.05, 3.63) is 39.9 Å². The highest BCUT2D eigenvalue weighted by atomic mass is 16.6. The zero-order valence-electron chi connectivity index (χ0n) is 9.99. The van der Waals surface area contributed by atoms with Crippen LogP contribution in [0.15, 0.2) is 24.3 Å². The van der Waals surface area contributed by atoms with Gasteiger partial charge in [0.2, 0.25) is 6.41 Å². The molecule has 0 aromatic heterocycles. The van der Waals surface area contributed by atoms with Crippen molar-refractivity contribution in [3.63, 3.8) is 0 Å². The van der Waals surface area contributed by atoms with Gasteiger partial charge in [0.05, 0.1) is 4.92 Å². The molecule has 0 atom stereocenters. The van der Waals surface area contributed by atoms with Gasteiger partial charge in [-0.15, -0.1) is 0 Å². The Bertz CT molecular complexity index is 442. The fourth-order valence-electron chi connectivity index (χ4n) is 2.05. The molecule has 1 aliphatic rings. The maximum atomic E-state index is 10.7. The summed E-state index contributed by atoms with van der Waals surface area (Å²) in [6.45, 7) is 3.74. The third-order valence-electron chi connectivity index (χ3n) is 3.08.